The Morgan fingerprint density at radius 3 is 2.63 bits per heavy atom. The predicted octanol–water partition coefficient (Wildman–Crippen LogP) is 3.46. The normalized spacial score (nSPS) is 25.0. The van der Waals surface area contributed by atoms with Crippen LogP contribution in [0.1, 0.15) is 12.0 Å². The maximum Gasteiger partial charge on any atom is 0.490 e. The van der Waals surface area contributed by atoms with Gasteiger partial charge in [0.05, 0.1) is 12.7 Å². The molecule has 1 aromatic carbocycles. The first-order chi connectivity index (χ1) is 12.7. The highest BCUT2D eigenvalue weighted by molar-refractivity contribution is 6.31. The third kappa shape index (κ3) is 6.34. The number of carboxylic acids is 1. The van der Waals surface area contributed by atoms with E-state index in [9.17, 15) is 13.2 Å². The number of aliphatic carboxylic acids is 1. The Morgan fingerprint density at radius 2 is 2.04 bits per heavy atom. The number of carbonyl (C=O) groups is 1. The van der Waals surface area contributed by atoms with Gasteiger partial charge in [-0.1, -0.05) is 29.8 Å². The predicted molar refractivity (Wildman–Crippen MR) is 93.6 cm³/mol. The number of fused-ring (bicyclic) bond motifs is 1. The number of likely N-dealkylation sites (tertiary alicyclic amines) is 1. The van der Waals surface area contributed by atoms with Crippen LogP contribution < -0.4 is 0 Å². The Hall–Kier alpha value is -1.35. The van der Waals surface area contributed by atoms with Crippen LogP contribution in [0.5, 0.6) is 0 Å². The molecule has 0 aliphatic carbocycles. The molecule has 1 aromatic rings. The summed E-state index contributed by atoms with van der Waals surface area (Å²) in [7, 11) is 1.77. The van der Waals surface area contributed by atoms with Gasteiger partial charge in [-0.15, -0.1) is 0 Å². The van der Waals surface area contributed by atoms with E-state index in [2.05, 4.69) is 17.0 Å². The van der Waals surface area contributed by atoms with E-state index in [1.807, 2.05) is 12.1 Å². The van der Waals surface area contributed by atoms with E-state index < -0.39 is 12.1 Å². The van der Waals surface area contributed by atoms with Crippen LogP contribution in [0.3, 0.4) is 0 Å². The molecule has 0 saturated carbocycles. The van der Waals surface area contributed by atoms with Crippen molar-refractivity contribution < 1.29 is 32.5 Å². The van der Waals surface area contributed by atoms with E-state index in [1.165, 1.54) is 5.56 Å². The Morgan fingerprint density at radius 1 is 1.37 bits per heavy atom. The van der Waals surface area contributed by atoms with Crippen molar-refractivity contribution in [2.45, 2.75) is 25.2 Å². The first kappa shape index (κ1) is 21.9. The lowest BCUT2D eigenvalue weighted by Crippen LogP contribution is -2.24. The molecule has 9 heteroatoms. The summed E-state index contributed by atoms with van der Waals surface area (Å²) in [5.41, 5.74) is 1.21. The van der Waals surface area contributed by atoms with E-state index >= 15 is 0 Å². The number of halogens is 4. The standard InChI is InChI=1S/C16H22ClNO2.C2HF3O2/c1-19-7-6-13-11-20-16-10-18(9-14(13)16)8-12-4-2-3-5-15(12)17;3-2(4,5)1(6)7/h2-5,13-14,16H,6-11H2,1H3;(H,6,7)/t13-,14-,16-;/m0./s1. The molecule has 0 bridgehead atoms. The number of hydrogen-bond acceptors (Lipinski definition) is 4. The van der Waals surface area contributed by atoms with Gasteiger partial charge in [0.1, 0.15) is 0 Å². The average Bonchev–Trinajstić information content (AvgIpc) is 3.15. The summed E-state index contributed by atoms with van der Waals surface area (Å²) in [5.74, 6) is -1.45. The molecule has 1 N–H and O–H groups in total. The third-order valence-corrected chi connectivity index (χ3v) is 5.17. The molecule has 2 fully saturated rings. The fourth-order valence-electron chi connectivity index (χ4n) is 3.44. The van der Waals surface area contributed by atoms with Crippen molar-refractivity contribution in [3.05, 3.63) is 34.9 Å². The summed E-state index contributed by atoms with van der Waals surface area (Å²) in [4.78, 5) is 11.4. The molecule has 2 aliphatic heterocycles. The molecule has 3 rings (SSSR count). The lowest BCUT2D eigenvalue weighted by Gasteiger charge is -2.20. The highest BCUT2D eigenvalue weighted by atomic mass is 35.5. The fourth-order valence-corrected chi connectivity index (χ4v) is 3.64. The van der Waals surface area contributed by atoms with E-state index in [4.69, 9.17) is 31.0 Å². The molecule has 5 nitrogen and oxygen atoms in total. The fraction of sp³-hybridized carbons (Fsp3) is 0.611. The molecule has 2 saturated heterocycles. The van der Waals surface area contributed by atoms with Crippen LogP contribution in [0.4, 0.5) is 13.2 Å². The maximum absolute atomic E-state index is 10.6. The zero-order chi connectivity index (χ0) is 20.0. The first-order valence-corrected chi connectivity index (χ1v) is 8.96. The summed E-state index contributed by atoms with van der Waals surface area (Å²) < 4.78 is 42.9. The molecular weight excluding hydrogens is 387 g/mol. The Kier molecular flexibility index (Phi) is 7.91. The molecule has 0 radical (unpaired) electrons. The van der Waals surface area contributed by atoms with Crippen LogP contribution in [-0.2, 0) is 20.8 Å². The second-order valence-corrected chi connectivity index (χ2v) is 7.07. The smallest absolute Gasteiger partial charge is 0.475 e. The minimum absolute atomic E-state index is 0.402. The second kappa shape index (κ2) is 9.73. The summed E-state index contributed by atoms with van der Waals surface area (Å²) in [6, 6.07) is 8.11. The van der Waals surface area contributed by atoms with Gasteiger partial charge in [-0.3, -0.25) is 4.90 Å². The number of benzene rings is 1. The monoisotopic (exact) mass is 409 g/mol. The summed E-state index contributed by atoms with van der Waals surface area (Å²) >= 11 is 6.25. The Balaban J connectivity index is 0.000000321. The van der Waals surface area contributed by atoms with Crippen molar-refractivity contribution in [2.24, 2.45) is 11.8 Å². The van der Waals surface area contributed by atoms with Crippen molar-refractivity contribution in [2.75, 3.05) is 33.4 Å². The third-order valence-electron chi connectivity index (χ3n) is 4.80. The van der Waals surface area contributed by atoms with Gasteiger partial charge in [-0.2, -0.15) is 13.2 Å². The Labute approximate surface area is 161 Å². The summed E-state index contributed by atoms with van der Waals surface area (Å²) in [6.07, 6.45) is -3.57. The van der Waals surface area contributed by atoms with Gasteiger partial charge in [0.15, 0.2) is 0 Å². The molecule has 0 amide bonds. The largest absolute Gasteiger partial charge is 0.490 e. The van der Waals surface area contributed by atoms with Crippen molar-refractivity contribution in [1.82, 2.24) is 4.90 Å². The minimum atomic E-state index is -5.08. The number of alkyl halides is 3. The van der Waals surface area contributed by atoms with E-state index in [-0.39, 0.29) is 0 Å². The number of carboxylic acid groups (broad SMARTS) is 1. The highest BCUT2D eigenvalue weighted by Gasteiger charge is 2.43. The Bertz CT molecular complexity index is 629. The lowest BCUT2D eigenvalue weighted by molar-refractivity contribution is -0.192. The molecule has 0 unspecified atom stereocenters. The quantitative estimate of drug-likeness (QED) is 0.807. The minimum Gasteiger partial charge on any atom is -0.475 e. The highest BCUT2D eigenvalue weighted by Crippen LogP contribution is 2.36. The van der Waals surface area contributed by atoms with Crippen LogP contribution in [-0.4, -0.2) is 61.7 Å². The van der Waals surface area contributed by atoms with Gasteiger partial charge in [-0.05, 0) is 24.0 Å². The van der Waals surface area contributed by atoms with Gasteiger partial charge in [0, 0.05) is 44.3 Å². The molecule has 0 spiro atoms. The summed E-state index contributed by atoms with van der Waals surface area (Å²) in [5, 5.41) is 7.99. The molecule has 3 atom stereocenters. The second-order valence-electron chi connectivity index (χ2n) is 6.67. The van der Waals surface area contributed by atoms with Crippen molar-refractivity contribution in [3.63, 3.8) is 0 Å². The van der Waals surface area contributed by atoms with Gasteiger partial charge < -0.3 is 14.6 Å². The number of hydrogen-bond donors (Lipinski definition) is 1. The van der Waals surface area contributed by atoms with Gasteiger partial charge in [0.2, 0.25) is 0 Å². The zero-order valence-electron chi connectivity index (χ0n) is 14.9. The van der Waals surface area contributed by atoms with Gasteiger partial charge in [0.25, 0.3) is 0 Å². The maximum atomic E-state index is 10.6. The molecule has 0 aromatic heterocycles. The molecule has 2 heterocycles. The molecular formula is C18H23ClF3NO4. The van der Waals surface area contributed by atoms with E-state index in [1.54, 1.807) is 7.11 Å². The van der Waals surface area contributed by atoms with Crippen molar-refractivity contribution in [1.29, 1.82) is 0 Å². The van der Waals surface area contributed by atoms with E-state index in [0.717, 1.165) is 44.3 Å². The molecule has 152 valence electrons. The number of methoxy groups -OCH3 is 1. The molecule has 2 aliphatic rings. The van der Waals surface area contributed by atoms with Crippen molar-refractivity contribution >= 4 is 17.6 Å². The van der Waals surface area contributed by atoms with Crippen LogP contribution in [0.25, 0.3) is 0 Å². The summed E-state index contributed by atoms with van der Waals surface area (Å²) in [6.45, 7) is 4.80. The zero-order valence-corrected chi connectivity index (χ0v) is 15.7. The van der Waals surface area contributed by atoms with Crippen LogP contribution >= 0.6 is 11.6 Å². The lowest BCUT2D eigenvalue weighted by atomic mass is 9.91. The average molecular weight is 410 g/mol. The number of ether oxygens (including phenoxy) is 2. The van der Waals surface area contributed by atoms with Gasteiger partial charge in [-0.25, -0.2) is 4.79 Å². The topological polar surface area (TPSA) is 59.0 Å². The first-order valence-electron chi connectivity index (χ1n) is 8.58. The molecule has 27 heavy (non-hydrogen) atoms. The van der Waals surface area contributed by atoms with Crippen LogP contribution in [0.2, 0.25) is 5.02 Å². The SMILES string of the molecule is COCC[C@H]1CO[C@H]2CN(Cc3ccccc3Cl)C[C@@H]12.O=C(O)C(F)(F)F. The van der Waals surface area contributed by atoms with E-state index in [0.29, 0.717) is 17.9 Å². The number of rotatable bonds is 5. The van der Waals surface area contributed by atoms with Crippen LogP contribution in [0.15, 0.2) is 24.3 Å². The van der Waals surface area contributed by atoms with Crippen molar-refractivity contribution in [3.8, 4) is 0 Å². The number of nitrogens with zero attached hydrogens (tertiary/aromatic N) is 1. The van der Waals surface area contributed by atoms with Crippen LogP contribution in [0, 0.1) is 11.8 Å². The van der Waals surface area contributed by atoms with Gasteiger partial charge >= 0.3 is 12.1 Å².